The van der Waals surface area contributed by atoms with Crippen LogP contribution in [0.2, 0.25) is 0 Å². The van der Waals surface area contributed by atoms with Gasteiger partial charge in [-0.2, -0.15) is 0 Å². The molecule has 5 heteroatoms. The second kappa shape index (κ2) is 6.63. The molecular formula is C14H16BrN3O. The number of rotatable bonds is 2. The van der Waals surface area contributed by atoms with Crippen molar-refractivity contribution in [2.45, 2.75) is 0 Å². The molecule has 0 aliphatic carbocycles. The van der Waals surface area contributed by atoms with E-state index >= 15 is 0 Å². The van der Waals surface area contributed by atoms with Gasteiger partial charge in [0, 0.05) is 24.3 Å². The fourth-order valence-corrected chi connectivity index (χ4v) is 2.13. The Labute approximate surface area is 123 Å². The highest BCUT2D eigenvalue weighted by atomic mass is 79.9. The smallest absolute Gasteiger partial charge is 0.201 e. The number of H-pyrrole nitrogens is 1. The Morgan fingerprint density at radius 1 is 1.05 bits per heavy atom. The van der Waals surface area contributed by atoms with Gasteiger partial charge >= 0.3 is 0 Å². The Kier molecular flexibility index (Phi) is 4.87. The molecule has 0 atom stereocenters. The summed E-state index contributed by atoms with van der Waals surface area (Å²) in [7, 11) is 0. The van der Waals surface area contributed by atoms with Crippen LogP contribution in [-0.2, 0) is 4.74 Å². The summed E-state index contributed by atoms with van der Waals surface area (Å²) in [6.07, 6.45) is 1.93. The maximum absolute atomic E-state index is 5.36. The van der Waals surface area contributed by atoms with E-state index in [2.05, 4.69) is 33.3 Å². The molecule has 1 aliphatic heterocycles. The summed E-state index contributed by atoms with van der Waals surface area (Å²) in [5.74, 6) is 0.986. The number of anilines is 1. The second-order valence-electron chi connectivity index (χ2n) is 4.31. The van der Waals surface area contributed by atoms with Gasteiger partial charge in [-0.25, -0.2) is 0 Å². The molecule has 19 heavy (non-hydrogen) atoms. The number of nitrogens with zero attached hydrogens (tertiary/aromatic N) is 2. The van der Waals surface area contributed by atoms with Crippen LogP contribution in [0.25, 0.3) is 11.1 Å². The highest BCUT2D eigenvalue weighted by molar-refractivity contribution is 5.64. The molecule has 0 spiro atoms. The van der Waals surface area contributed by atoms with Crippen molar-refractivity contribution in [2.75, 3.05) is 31.2 Å². The van der Waals surface area contributed by atoms with Crippen molar-refractivity contribution in [3.63, 3.8) is 0 Å². The molecule has 2 aromatic rings. The number of aromatic nitrogens is 2. The predicted octanol–water partition coefficient (Wildman–Crippen LogP) is -1.60. The molecule has 0 amide bonds. The average Bonchev–Trinajstić information content (AvgIpc) is 2.49. The average molecular weight is 322 g/mol. The minimum Gasteiger partial charge on any atom is -1.00 e. The highest BCUT2D eigenvalue weighted by Gasteiger charge is 2.15. The lowest BCUT2D eigenvalue weighted by Gasteiger charge is -2.26. The topological polar surface area (TPSA) is 39.5 Å². The number of nitrogens with one attached hydrogen (secondary N) is 1. The summed E-state index contributed by atoms with van der Waals surface area (Å²) in [6, 6.07) is 12.4. The van der Waals surface area contributed by atoms with Crippen LogP contribution in [-0.4, -0.2) is 31.4 Å². The zero-order chi connectivity index (χ0) is 12.2. The minimum atomic E-state index is 0. The number of benzene rings is 1. The van der Waals surface area contributed by atoms with Crippen LogP contribution < -0.4 is 27.0 Å². The van der Waals surface area contributed by atoms with E-state index in [0.29, 0.717) is 0 Å². The van der Waals surface area contributed by atoms with Crippen LogP contribution in [0, 0.1) is 0 Å². The molecule has 1 N–H and O–H groups in total. The number of morpholine rings is 1. The standard InChI is InChI=1S/C14H15N3O.BrH/c1-2-4-12(5-3-1)13-10-14(16-15-11-13)17-6-8-18-9-7-17;/h1-5,10-11H,6-9H2;1H. The zero-order valence-electron chi connectivity index (χ0n) is 10.6. The van der Waals surface area contributed by atoms with Crippen molar-refractivity contribution in [1.82, 2.24) is 5.10 Å². The van der Waals surface area contributed by atoms with Gasteiger partial charge in [-0.1, -0.05) is 30.3 Å². The zero-order valence-corrected chi connectivity index (χ0v) is 12.1. The summed E-state index contributed by atoms with van der Waals surface area (Å²) in [5, 5.41) is 7.33. The van der Waals surface area contributed by atoms with Gasteiger partial charge in [-0.05, 0) is 5.56 Å². The van der Waals surface area contributed by atoms with E-state index in [1.54, 1.807) is 0 Å². The molecule has 100 valence electrons. The SMILES string of the molecule is [Br-].c1ccc(-c2c[nH+]nc(N3CCOCC3)c2)cc1. The van der Waals surface area contributed by atoms with Crippen LogP contribution in [0.4, 0.5) is 5.82 Å². The van der Waals surface area contributed by atoms with Crippen molar-refractivity contribution >= 4 is 5.82 Å². The Balaban J connectivity index is 0.00000133. The third-order valence-corrected chi connectivity index (χ3v) is 3.13. The number of hydrogen-bond donors (Lipinski definition) is 0. The highest BCUT2D eigenvalue weighted by Crippen LogP contribution is 2.21. The molecule has 1 saturated heterocycles. The van der Waals surface area contributed by atoms with E-state index in [-0.39, 0.29) is 17.0 Å². The van der Waals surface area contributed by atoms with Crippen molar-refractivity contribution in [3.05, 3.63) is 42.6 Å². The number of hydrogen-bond acceptors (Lipinski definition) is 3. The molecule has 1 aliphatic rings. The van der Waals surface area contributed by atoms with Crippen LogP contribution in [0.15, 0.2) is 42.6 Å². The summed E-state index contributed by atoms with van der Waals surface area (Å²) >= 11 is 0. The van der Waals surface area contributed by atoms with E-state index in [0.717, 1.165) is 37.7 Å². The van der Waals surface area contributed by atoms with Crippen LogP contribution >= 0.6 is 0 Å². The molecular weight excluding hydrogens is 306 g/mol. The molecule has 1 aromatic carbocycles. The lowest BCUT2D eigenvalue weighted by molar-refractivity contribution is -0.453. The van der Waals surface area contributed by atoms with Gasteiger partial charge in [0.2, 0.25) is 6.20 Å². The maximum Gasteiger partial charge on any atom is 0.201 e. The van der Waals surface area contributed by atoms with Gasteiger partial charge in [0.25, 0.3) is 0 Å². The van der Waals surface area contributed by atoms with Crippen molar-refractivity contribution in [3.8, 4) is 11.1 Å². The second-order valence-corrected chi connectivity index (χ2v) is 4.31. The molecule has 0 unspecified atom stereocenters. The third kappa shape index (κ3) is 3.30. The van der Waals surface area contributed by atoms with Crippen LogP contribution in [0.1, 0.15) is 0 Å². The third-order valence-electron chi connectivity index (χ3n) is 3.13. The van der Waals surface area contributed by atoms with E-state index in [4.69, 9.17) is 4.74 Å². The van der Waals surface area contributed by atoms with Gasteiger partial charge in [0.05, 0.1) is 18.8 Å². The number of halogens is 1. The number of aromatic amines is 1. The van der Waals surface area contributed by atoms with E-state index in [9.17, 15) is 0 Å². The summed E-state index contributed by atoms with van der Waals surface area (Å²) in [5.41, 5.74) is 2.36. The Hall–Kier alpha value is -1.46. The summed E-state index contributed by atoms with van der Waals surface area (Å²) < 4.78 is 5.36. The van der Waals surface area contributed by atoms with Crippen molar-refractivity contribution in [1.29, 1.82) is 0 Å². The lowest BCUT2D eigenvalue weighted by atomic mass is 10.1. The van der Waals surface area contributed by atoms with Crippen LogP contribution in [0.5, 0.6) is 0 Å². The molecule has 1 fully saturated rings. The Morgan fingerprint density at radius 2 is 1.79 bits per heavy atom. The molecule has 3 rings (SSSR count). The maximum atomic E-state index is 5.36. The van der Waals surface area contributed by atoms with E-state index in [1.165, 1.54) is 5.56 Å². The van der Waals surface area contributed by atoms with Gasteiger partial charge in [0.15, 0.2) is 5.82 Å². The first kappa shape index (κ1) is 14.0. The molecule has 0 radical (unpaired) electrons. The first-order valence-electron chi connectivity index (χ1n) is 6.20. The summed E-state index contributed by atoms with van der Waals surface area (Å²) in [6.45, 7) is 3.35. The van der Waals surface area contributed by atoms with Gasteiger partial charge in [0.1, 0.15) is 0 Å². The number of ether oxygens (including phenoxy) is 1. The first-order chi connectivity index (χ1) is 8.93. The van der Waals surface area contributed by atoms with Crippen molar-refractivity contribution < 1.29 is 26.8 Å². The predicted molar refractivity (Wildman–Crippen MR) is 69.3 cm³/mol. The quantitative estimate of drug-likeness (QED) is 0.669. The van der Waals surface area contributed by atoms with Crippen molar-refractivity contribution in [2.24, 2.45) is 0 Å². The minimum absolute atomic E-state index is 0. The normalized spacial score (nSPS) is 14.8. The van der Waals surface area contributed by atoms with Crippen LogP contribution in [0.3, 0.4) is 0 Å². The molecule has 0 bridgehead atoms. The fourth-order valence-electron chi connectivity index (χ4n) is 2.13. The monoisotopic (exact) mass is 321 g/mol. The Bertz CT molecular complexity index is 515. The van der Waals surface area contributed by atoms with Gasteiger partial charge < -0.3 is 26.6 Å². The van der Waals surface area contributed by atoms with Gasteiger partial charge in [-0.15, -0.1) is 5.10 Å². The van der Waals surface area contributed by atoms with Gasteiger partial charge in [-0.3, -0.25) is 0 Å². The van der Waals surface area contributed by atoms with E-state index < -0.39 is 0 Å². The van der Waals surface area contributed by atoms with E-state index in [1.807, 2.05) is 24.4 Å². The molecule has 0 saturated carbocycles. The summed E-state index contributed by atoms with van der Waals surface area (Å²) in [4.78, 5) is 2.24. The lowest BCUT2D eigenvalue weighted by Crippen LogP contribution is -3.00. The molecule has 2 heterocycles. The first-order valence-corrected chi connectivity index (χ1v) is 6.20. The molecule has 1 aromatic heterocycles. The Morgan fingerprint density at radius 3 is 2.53 bits per heavy atom. The fraction of sp³-hybridized carbons (Fsp3) is 0.286. The molecule has 4 nitrogen and oxygen atoms in total. The largest absolute Gasteiger partial charge is 1.00 e.